The van der Waals surface area contributed by atoms with Crippen LogP contribution in [0.2, 0.25) is 0 Å². The van der Waals surface area contributed by atoms with E-state index in [4.69, 9.17) is 0 Å². The minimum atomic E-state index is -4.57. The number of halogens is 3. The summed E-state index contributed by atoms with van der Waals surface area (Å²) in [7, 11) is 5.01. The molecule has 30 heavy (non-hydrogen) atoms. The van der Waals surface area contributed by atoms with E-state index in [-0.39, 0.29) is 30.4 Å². The number of aromatic nitrogens is 2. The Morgan fingerprint density at radius 2 is 1.77 bits per heavy atom. The number of nitrogens with zero attached hydrogens (tertiary/aromatic N) is 4. The lowest BCUT2D eigenvalue weighted by Gasteiger charge is -2.19. The van der Waals surface area contributed by atoms with Crippen LogP contribution in [0, 0.1) is 0 Å². The number of fused-ring (bicyclic) bond motifs is 1. The van der Waals surface area contributed by atoms with Gasteiger partial charge in [-0.15, -0.1) is 0 Å². The molecule has 1 amide bonds. The molecule has 0 atom stereocenters. The van der Waals surface area contributed by atoms with Crippen LogP contribution in [0.15, 0.2) is 48.7 Å². The van der Waals surface area contributed by atoms with E-state index < -0.39 is 11.9 Å². The van der Waals surface area contributed by atoms with E-state index in [1.807, 2.05) is 35.2 Å². The molecule has 2 heterocycles. The molecule has 2 aliphatic rings. The van der Waals surface area contributed by atoms with Gasteiger partial charge in [-0.1, -0.05) is 30.3 Å². The summed E-state index contributed by atoms with van der Waals surface area (Å²) < 4.78 is 42.7. The number of alkyl halides is 3. The number of rotatable bonds is 7. The fraction of sp³-hybridized carbons (Fsp3) is 0.364. The van der Waals surface area contributed by atoms with Crippen molar-refractivity contribution in [2.45, 2.75) is 25.7 Å². The topological polar surface area (TPSA) is 41.4 Å². The zero-order valence-corrected chi connectivity index (χ0v) is 17.3. The quantitative estimate of drug-likeness (QED) is 0.587. The van der Waals surface area contributed by atoms with Crippen molar-refractivity contribution < 1.29 is 18.0 Å². The Balaban J connectivity index is 1.87. The normalized spacial score (nSPS) is 12.0. The van der Waals surface area contributed by atoms with Crippen LogP contribution in [0.4, 0.5) is 13.2 Å². The number of pyridine rings is 1. The molecule has 3 rings (SSSR count). The third kappa shape index (κ3) is 4.99. The Morgan fingerprint density at radius 3 is 2.40 bits per heavy atom. The molecule has 0 radical (unpaired) electrons. The average Bonchev–Trinajstić information content (AvgIpc) is 3.07. The SMILES string of the molecule is CN(CCc1ccccc1)Cc1c2cccn(CC(=O)N(C)C)c-2nc1C(F)(F)F. The van der Waals surface area contributed by atoms with E-state index in [9.17, 15) is 18.0 Å². The van der Waals surface area contributed by atoms with Gasteiger partial charge in [0.05, 0.1) is 0 Å². The fourth-order valence-corrected chi connectivity index (χ4v) is 3.33. The first-order chi connectivity index (χ1) is 14.2. The number of carbonyl (C=O) groups excluding carboxylic acids is 1. The minimum absolute atomic E-state index is 0.0675. The van der Waals surface area contributed by atoms with Crippen molar-refractivity contribution >= 4 is 5.91 Å². The molecule has 0 bridgehead atoms. The molecule has 0 aliphatic carbocycles. The van der Waals surface area contributed by atoms with Gasteiger partial charge in [0.2, 0.25) is 5.91 Å². The number of hydrogen-bond acceptors (Lipinski definition) is 3. The molecule has 1 aromatic carbocycles. The average molecular weight is 418 g/mol. The molecule has 0 N–H and O–H groups in total. The lowest BCUT2D eigenvalue weighted by molar-refractivity contribution is -0.141. The lowest BCUT2D eigenvalue weighted by Crippen LogP contribution is -2.26. The first-order valence-electron chi connectivity index (χ1n) is 9.64. The van der Waals surface area contributed by atoms with Crippen LogP contribution < -0.4 is 0 Å². The molecule has 0 aromatic heterocycles. The Kier molecular flexibility index (Phi) is 6.45. The number of hydrogen-bond donors (Lipinski definition) is 0. The summed E-state index contributed by atoms with van der Waals surface area (Å²) in [5, 5.41) is 0. The summed E-state index contributed by atoms with van der Waals surface area (Å²) in [5.74, 6) is -0.0444. The molecule has 2 aliphatic heterocycles. The van der Waals surface area contributed by atoms with E-state index in [1.165, 1.54) is 9.47 Å². The van der Waals surface area contributed by atoms with Crippen LogP contribution in [0.25, 0.3) is 11.4 Å². The molecule has 0 saturated heterocycles. The Morgan fingerprint density at radius 1 is 1.07 bits per heavy atom. The number of amides is 1. The van der Waals surface area contributed by atoms with Gasteiger partial charge >= 0.3 is 6.18 Å². The molecular weight excluding hydrogens is 393 g/mol. The molecule has 5 nitrogen and oxygen atoms in total. The second kappa shape index (κ2) is 8.87. The molecule has 0 unspecified atom stereocenters. The summed E-state index contributed by atoms with van der Waals surface area (Å²) >= 11 is 0. The summed E-state index contributed by atoms with van der Waals surface area (Å²) in [6, 6.07) is 13.1. The van der Waals surface area contributed by atoms with Crippen LogP contribution in [-0.2, 0) is 30.5 Å². The zero-order chi connectivity index (χ0) is 21.9. The van der Waals surface area contributed by atoms with Crippen LogP contribution in [0.3, 0.4) is 0 Å². The second-order valence-electron chi connectivity index (χ2n) is 7.57. The first kappa shape index (κ1) is 21.8. The second-order valence-corrected chi connectivity index (χ2v) is 7.57. The first-order valence-corrected chi connectivity index (χ1v) is 9.64. The standard InChI is InChI=1S/C22H25F3N4O/c1-27(2)19(30)15-29-12-7-10-17-18(20(22(23,24)25)26-21(17)29)14-28(3)13-11-16-8-5-4-6-9-16/h4-10,12H,11,13-15H2,1-3H3. The molecule has 8 heteroatoms. The maximum atomic E-state index is 13.7. The van der Waals surface area contributed by atoms with E-state index >= 15 is 0 Å². The molecule has 0 fully saturated rings. The maximum Gasteiger partial charge on any atom is 0.433 e. The summed E-state index contributed by atoms with van der Waals surface area (Å²) in [6.07, 6.45) is -2.25. The van der Waals surface area contributed by atoms with Crippen LogP contribution in [0.1, 0.15) is 16.8 Å². The highest BCUT2D eigenvalue weighted by Crippen LogP contribution is 2.39. The van der Waals surface area contributed by atoms with Crippen molar-refractivity contribution in [3.63, 3.8) is 0 Å². The van der Waals surface area contributed by atoms with Crippen molar-refractivity contribution in [2.24, 2.45) is 0 Å². The highest BCUT2D eigenvalue weighted by Gasteiger charge is 2.39. The van der Waals surface area contributed by atoms with Gasteiger partial charge in [-0.3, -0.25) is 4.79 Å². The predicted molar refractivity (Wildman–Crippen MR) is 109 cm³/mol. The Labute approximate surface area is 174 Å². The van der Waals surface area contributed by atoms with Gasteiger partial charge in [0.15, 0.2) is 5.69 Å². The molecule has 0 spiro atoms. The molecule has 0 saturated carbocycles. The molecule has 160 valence electrons. The third-order valence-corrected chi connectivity index (χ3v) is 5.00. The highest BCUT2D eigenvalue weighted by atomic mass is 19.4. The van der Waals surface area contributed by atoms with Crippen molar-refractivity contribution in [1.82, 2.24) is 19.4 Å². The van der Waals surface area contributed by atoms with Crippen molar-refractivity contribution in [2.75, 3.05) is 27.7 Å². The fourth-order valence-electron chi connectivity index (χ4n) is 3.33. The largest absolute Gasteiger partial charge is 0.433 e. The smallest absolute Gasteiger partial charge is 0.347 e. The minimum Gasteiger partial charge on any atom is -0.347 e. The van der Waals surface area contributed by atoms with E-state index in [0.717, 1.165) is 12.0 Å². The maximum absolute atomic E-state index is 13.7. The lowest BCUT2D eigenvalue weighted by atomic mass is 10.1. The van der Waals surface area contributed by atoms with Crippen molar-refractivity contribution in [3.8, 4) is 11.4 Å². The van der Waals surface area contributed by atoms with Gasteiger partial charge < -0.3 is 14.4 Å². The van der Waals surface area contributed by atoms with Gasteiger partial charge in [-0.2, -0.15) is 13.2 Å². The third-order valence-electron chi connectivity index (χ3n) is 5.00. The Bertz CT molecular complexity index is 966. The van der Waals surface area contributed by atoms with E-state index in [1.54, 1.807) is 39.5 Å². The van der Waals surface area contributed by atoms with Gasteiger partial charge in [-0.25, -0.2) is 4.98 Å². The number of carbonyl (C=O) groups is 1. The monoisotopic (exact) mass is 418 g/mol. The Hall–Kier alpha value is -2.87. The summed E-state index contributed by atoms with van der Waals surface area (Å²) in [6.45, 7) is 0.658. The van der Waals surface area contributed by atoms with Gasteiger partial charge in [0, 0.05) is 44.5 Å². The van der Waals surface area contributed by atoms with Crippen LogP contribution in [-0.4, -0.2) is 52.9 Å². The van der Waals surface area contributed by atoms with Gasteiger partial charge in [-0.05, 0) is 31.2 Å². The molecular formula is C22H25F3N4O. The van der Waals surface area contributed by atoms with Gasteiger partial charge in [0.1, 0.15) is 12.4 Å². The zero-order valence-electron chi connectivity index (χ0n) is 17.3. The number of benzene rings is 1. The van der Waals surface area contributed by atoms with Crippen LogP contribution >= 0.6 is 0 Å². The van der Waals surface area contributed by atoms with Gasteiger partial charge in [0.25, 0.3) is 0 Å². The summed E-state index contributed by atoms with van der Waals surface area (Å²) in [4.78, 5) is 19.3. The van der Waals surface area contributed by atoms with Crippen LogP contribution in [0.5, 0.6) is 0 Å². The summed E-state index contributed by atoms with van der Waals surface area (Å²) in [5.41, 5.74) is 0.801. The van der Waals surface area contributed by atoms with E-state index in [0.29, 0.717) is 12.1 Å². The van der Waals surface area contributed by atoms with Crippen molar-refractivity contribution in [1.29, 1.82) is 0 Å². The molecule has 1 aromatic rings. The van der Waals surface area contributed by atoms with Crippen molar-refractivity contribution in [3.05, 3.63) is 65.5 Å². The highest BCUT2D eigenvalue weighted by molar-refractivity contribution is 5.76. The van der Waals surface area contributed by atoms with E-state index in [2.05, 4.69) is 4.98 Å². The predicted octanol–water partition coefficient (Wildman–Crippen LogP) is 3.77. The number of likely N-dealkylation sites (N-methyl/N-ethyl adjacent to an activating group) is 2.